The van der Waals surface area contributed by atoms with Gasteiger partial charge in [-0.15, -0.1) is 0 Å². The van der Waals surface area contributed by atoms with Crippen molar-refractivity contribution in [3.05, 3.63) is 34.3 Å². The summed E-state index contributed by atoms with van der Waals surface area (Å²) in [5.41, 5.74) is 6.94. The van der Waals surface area contributed by atoms with Gasteiger partial charge in [-0.2, -0.15) is 0 Å². The first kappa shape index (κ1) is 25.0. The minimum Gasteiger partial charge on any atom is -0.467 e. The topological polar surface area (TPSA) is 114 Å². The Morgan fingerprint density at radius 3 is 2.55 bits per heavy atom. The van der Waals surface area contributed by atoms with E-state index in [1.54, 1.807) is 11.0 Å². The number of likely N-dealkylation sites (tertiary alicyclic amines) is 1. The normalized spacial score (nSPS) is 20.8. The third-order valence-electron chi connectivity index (χ3n) is 5.87. The van der Waals surface area contributed by atoms with Crippen LogP contribution >= 0.6 is 23.8 Å². The van der Waals surface area contributed by atoms with E-state index in [4.69, 9.17) is 39.0 Å². The number of benzene rings is 1. The SMILES string of the molecule is COC(=O)C1CC(OC(=O)N2Cc3cccc(Cl)c3C2)CN1C(=O)C(NC(N)=S)C(C)(C)C. The number of ether oxygens (including phenoxy) is 2. The molecule has 0 spiro atoms. The molecule has 2 heterocycles. The van der Waals surface area contributed by atoms with Gasteiger partial charge in [0.1, 0.15) is 18.2 Å². The Hall–Kier alpha value is -2.59. The van der Waals surface area contributed by atoms with Gasteiger partial charge < -0.3 is 25.4 Å². The Morgan fingerprint density at radius 2 is 1.97 bits per heavy atom. The zero-order chi connectivity index (χ0) is 24.5. The lowest BCUT2D eigenvalue weighted by Gasteiger charge is -2.35. The smallest absolute Gasteiger partial charge is 0.410 e. The third-order valence-corrected chi connectivity index (χ3v) is 6.34. The monoisotopic (exact) mass is 496 g/mol. The number of rotatable bonds is 4. The molecule has 11 heteroatoms. The summed E-state index contributed by atoms with van der Waals surface area (Å²) in [6.45, 7) is 6.35. The van der Waals surface area contributed by atoms with Crippen molar-refractivity contribution in [3.8, 4) is 0 Å². The number of thiocarbonyl (C=S) groups is 1. The van der Waals surface area contributed by atoms with Crippen LogP contribution in [0, 0.1) is 5.41 Å². The first-order valence-corrected chi connectivity index (χ1v) is 11.4. The molecular formula is C22H29ClN4O5S. The fourth-order valence-corrected chi connectivity index (χ4v) is 4.54. The number of hydrogen-bond acceptors (Lipinski definition) is 6. The van der Waals surface area contributed by atoms with Crippen LogP contribution in [-0.2, 0) is 32.2 Å². The van der Waals surface area contributed by atoms with Crippen molar-refractivity contribution in [1.82, 2.24) is 15.1 Å². The molecular weight excluding hydrogens is 468 g/mol. The van der Waals surface area contributed by atoms with Crippen LogP contribution in [0.3, 0.4) is 0 Å². The second kappa shape index (κ2) is 9.72. The standard InChI is InChI=1S/C22H29ClN4O5S/c1-22(2,3)17(25-20(24)33)18(28)27-10-13(8-16(27)19(29)31-4)32-21(30)26-9-12-6-5-7-15(23)14(12)11-26/h5-7,13,16-17H,8-11H2,1-4H3,(H3,24,25,33). The van der Waals surface area contributed by atoms with E-state index >= 15 is 0 Å². The average molecular weight is 497 g/mol. The number of nitrogens with two attached hydrogens (primary N) is 1. The number of hydrogen-bond donors (Lipinski definition) is 2. The van der Waals surface area contributed by atoms with Crippen LogP contribution in [-0.4, -0.2) is 64.7 Å². The summed E-state index contributed by atoms with van der Waals surface area (Å²) in [6.07, 6.45) is -1.07. The summed E-state index contributed by atoms with van der Waals surface area (Å²) < 4.78 is 10.6. The summed E-state index contributed by atoms with van der Waals surface area (Å²) in [5, 5.41) is 3.41. The van der Waals surface area contributed by atoms with E-state index in [1.165, 1.54) is 12.0 Å². The summed E-state index contributed by atoms with van der Waals surface area (Å²) in [7, 11) is 1.25. The molecule has 1 saturated heterocycles. The zero-order valence-electron chi connectivity index (χ0n) is 19.1. The number of methoxy groups -OCH3 is 1. The van der Waals surface area contributed by atoms with E-state index in [2.05, 4.69) is 5.32 Å². The molecule has 0 saturated carbocycles. The van der Waals surface area contributed by atoms with Crippen molar-refractivity contribution in [3.63, 3.8) is 0 Å². The molecule has 2 aliphatic rings. The van der Waals surface area contributed by atoms with Crippen LogP contribution in [0.2, 0.25) is 5.02 Å². The molecule has 0 bridgehead atoms. The molecule has 1 aromatic carbocycles. The number of fused-ring (bicyclic) bond motifs is 1. The van der Waals surface area contributed by atoms with Gasteiger partial charge in [-0.1, -0.05) is 44.5 Å². The summed E-state index contributed by atoms with van der Waals surface area (Å²) in [4.78, 5) is 41.6. The zero-order valence-corrected chi connectivity index (χ0v) is 20.7. The van der Waals surface area contributed by atoms with Crippen molar-refractivity contribution in [1.29, 1.82) is 0 Å². The quantitative estimate of drug-likeness (QED) is 0.481. The second-order valence-electron chi connectivity index (χ2n) is 9.31. The fraction of sp³-hybridized carbons (Fsp3) is 0.545. The number of esters is 1. The molecule has 3 atom stereocenters. The molecule has 1 aromatic rings. The minimum atomic E-state index is -0.886. The van der Waals surface area contributed by atoms with E-state index < -0.39 is 35.7 Å². The highest BCUT2D eigenvalue weighted by Gasteiger charge is 2.46. The Kier molecular flexibility index (Phi) is 7.38. The molecule has 1 fully saturated rings. The molecule has 180 valence electrons. The number of halogens is 1. The van der Waals surface area contributed by atoms with E-state index in [1.807, 2.05) is 32.9 Å². The molecule has 3 rings (SSSR count). The number of nitrogens with zero attached hydrogens (tertiary/aromatic N) is 2. The molecule has 3 N–H and O–H groups in total. The van der Waals surface area contributed by atoms with Crippen molar-refractivity contribution < 1.29 is 23.9 Å². The summed E-state index contributed by atoms with van der Waals surface area (Å²) in [5.74, 6) is -0.949. The maximum Gasteiger partial charge on any atom is 0.410 e. The maximum absolute atomic E-state index is 13.4. The highest BCUT2D eigenvalue weighted by Crippen LogP contribution is 2.31. The lowest BCUT2D eigenvalue weighted by atomic mass is 9.85. The number of nitrogens with one attached hydrogen (secondary N) is 1. The lowest BCUT2D eigenvalue weighted by Crippen LogP contribution is -2.57. The predicted molar refractivity (Wildman–Crippen MR) is 126 cm³/mol. The van der Waals surface area contributed by atoms with Gasteiger partial charge in [0.2, 0.25) is 5.91 Å². The first-order valence-electron chi connectivity index (χ1n) is 10.6. The van der Waals surface area contributed by atoms with Crippen molar-refractivity contribution in [2.75, 3.05) is 13.7 Å². The van der Waals surface area contributed by atoms with Gasteiger partial charge in [0, 0.05) is 18.0 Å². The molecule has 9 nitrogen and oxygen atoms in total. The van der Waals surface area contributed by atoms with E-state index in [0.29, 0.717) is 18.1 Å². The van der Waals surface area contributed by atoms with Gasteiger partial charge in [0.05, 0.1) is 20.2 Å². The Bertz CT molecular complexity index is 967. The molecule has 3 unspecified atom stereocenters. The molecule has 33 heavy (non-hydrogen) atoms. The van der Waals surface area contributed by atoms with Gasteiger partial charge in [0.15, 0.2) is 5.11 Å². The van der Waals surface area contributed by atoms with Crippen LogP contribution in [0.25, 0.3) is 0 Å². The summed E-state index contributed by atoms with van der Waals surface area (Å²) in [6, 6.07) is 3.88. The minimum absolute atomic E-state index is 0.0210. The van der Waals surface area contributed by atoms with Crippen LogP contribution < -0.4 is 11.1 Å². The van der Waals surface area contributed by atoms with E-state index in [-0.39, 0.29) is 24.0 Å². The van der Waals surface area contributed by atoms with Gasteiger partial charge in [-0.25, -0.2) is 9.59 Å². The highest BCUT2D eigenvalue weighted by atomic mass is 35.5. The molecule has 0 radical (unpaired) electrons. The fourth-order valence-electron chi connectivity index (χ4n) is 4.17. The number of carbonyl (C=O) groups excluding carboxylic acids is 3. The van der Waals surface area contributed by atoms with Gasteiger partial charge in [-0.05, 0) is 34.8 Å². The van der Waals surface area contributed by atoms with Crippen molar-refractivity contribution in [2.45, 2.75) is 58.5 Å². The Balaban J connectivity index is 1.73. The molecule has 2 amide bonds. The van der Waals surface area contributed by atoms with Crippen LogP contribution in [0.5, 0.6) is 0 Å². The number of amides is 2. The Labute approximate surface area is 203 Å². The van der Waals surface area contributed by atoms with Crippen molar-refractivity contribution in [2.24, 2.45) is 11.1 Å². The van der Waals surface area contributed by atoms with E-state index in [0.717, 1.165) is 11.1 Å². The lowest BCUT2D eigenvalue weighted by molar-refractivity contribution is -0.152. The van der Waals surface area contributed by atoms with Crippen LogP contribution in [0.4, 0.5) is 4.79 Å². The van der Waals surface area contributed by atoms with Gasteiger partial charge in [-0.3, -0.25) is 9.69 Å². The second-order valence-corrected chi connectivity index (χ2v) is 10.2. The van der Waals surface area contributed by atoms with Crippen molar-refractivity contribution >= 4 is 46.9 Å². The van der Waals surface area contributed by atoms with Crippen LogP contribution in [0.1, 0.15) is 38.3 Å². The largest absolute Gasteiger partial charge is 0.467 e. The maximum atomic E-state index is 13.4. The third kappa shape index (κ3) is 5.50. The number of carbonyl (C=O) groups is 3. The predicted octanol–water partition coefficient (Wildman–Crippen LogP) is 2.18. The van der Waals surface area contributed by atoms with Gasteiger partial charge in [0.25, 0.3) is 0 Å². The average Bonchev–Trinajstić information content (AvgIpc) is 3.35. The molecule has 0 aliphatic carbocycles. The Morgan fingerprint density at radius 1 is 1.27 bits per heavy atom. The molecule has 0 aromatic heterocycles. The molecule has 2 aliphatic heterocycles. The summed E-state index contributed by atoms with van der Waals surface area (Å²) >= 11 is 11.2. The highest BCUT2D eigenvalue weighted by molar-refractivity contribution is 7.80. The van der Waals surface area contributed by atoms with E-state index in [9.17, 15) is 14.4 Å². The first-order chi connectivity index (χ1) is 15.4. The van der Waals surface area contributed by atoms with Crippen LogP contribution in [0.15, 0.2) is 18.2 Å². The van der Waals surface area contributed by atoms with Gasteiger partial charge >= 0.3 is 12.1 Å².